The van der Waals surface area contributed by atoms with Gasteiger partial charge in [0.2, 0.25) is 0 Å². The first-order chi connectivity index (χ1) is 9.69. The van der Waals surface area contributed by atoms with Gasteiger partial charge in [-0.3, -0.25) is 4.79 Å². The molecule has 4 heteroatoms. The third-order valence-corrected chi connectivity index (χ3v) is 3.53. The van der Waals surface area contributed by atoms with Crippen LogP contribution >= 0.6 is 0 Å². The maximum Gasteiger partial charge on any atom is 0.251 e. The van der Waals surface area contributed by atoms with Gasteiger partial charge in [0.1, 0.15) is 6.04 Å². The number of aliphatic hydroxyl groups is 1. The number of nitrogens with one attached hydrogen (secondary N) is 2. The number of hydrogen-bond donors (Lipinski definition) is 3. The lowest BCUT2D eigenvalue weighted by molar-refractivity contribution is -0.116. The summed E-state index contributed by atoms with van der Waals surface area (Å²) in [5.74, 6) is -0.0710. The molecule has 1 aliphatic rings. The van der Waals surface area contributed by atoms with Gasteiger partial charge in [0, 0.05) is 22.5 Å². The highest BCUT2D eigenvalue weighted by atomic mass is 16.3. The van der Waals surface area contributed by atoms with Gasteiger partial charge >= 0.3 is 0 Å². The minimum Gasteiger partial charge on any atom is -0.392 e. The molecule has 1 amide bonds. The Balaban J connectivity index is 1.96. The van der Waals surface area contributed by atoms with Crippen molar-refractivity contribution < 1.29 is 9.90 Å². The maximum absolute atomic E-state index is 12.1. The minimum atomic E-state index is -0.419. The van der Waals surface area contributed by atoms with Crippen molar-refractivity contribution in [1.82, 2.24) is 0 Å². The van der Waals surface area contributed by atoms with E-state index in [1.165, 1.54) is 0 Å². The van der Waals surface area contributed by atoms with E-state index < -0.39 is 6.04 Å². The molecule has 0 aliphatic carbocycles. The highest BCUT2D eigenvalue weighted by Crippen LogP contribution is 2.34. The van der Waals surface area contributed by atoms with Crippen LogP contribution in [0, 0.1) is 6.92 Å². The number of aliphatic hydroxyl groups excluding tert-OH is 1. The van der Waals surface area contributed by atoms with Gasteiger partial charge in [0.15, 0.2) is 0 Å². The van der Waals surface area contributed by atoms with Gasteiger partial charge < -0.3 is 15.7 Å². The summed E-state index contributed by atoms with van der Waals surface area (Å²) in [4.78, 5) is 12.1. The fourth-order valence-electron chi connectivity index (χ4n) is 2.48. The van der Waals surface area contributed by atoms with E-state index in [1.807, 2.05) is 49.4 Å². The standard InChI is InChI=1S/C16H16N2O2/c1-10-6-7-14-12(8-10)15(16(20)18-14)17-13-5-3-2-4-11(13)9-19/h2-8,15,17,19H,9H2,1H3,(H,18,20). The van der Waals surface area contributed by atoms with Crippen molar-refractivity contribution in [2.45, 2.75) is 19.6 Å². The third kappa shape index (κ3) is 2.14. The number of benzene rings is 2. The molecular formula is C16H16N2O2. The van der Waals surface area contributed by atoms with Crippen molar-refractivity contribution >= 4 is 17.3 Å². The lowest BCUT2D eigenvalue weighted by Crippen LogP contribution is -2.20. The average molecular weight is 268 g/mol. The number of carbonyl (C=O) groups excluding carboxylic acids is 1. The number of para-hydroxylation sites is 1. The molecule has 0 spiro atoms. The zero-order valence-electron chi connectivity index (χ0n) is 11.2. The molecule has 3 rings (SSSR count). The first-order valence-corrected chi connectivity index (χ1v) is 6.56. The minimum absolute atomic E-state index is 0.0574. The second-order valence-corrected chi connectivity index (χ2v) is 4.97. The maximum atomic E-state index is 12.1. The number of hydrogen-bond acceptors (Lipinski definition) is 3. The van der Waals surface area contributed by atoms with E-state index >= 15 is 0 Å². The van der Waals surface area contributed by atoms with Gasteiger partial charge in [-0.25, -0.2) is 0 Å². The SMILES string of the molecule is Cc1ccc2c(c1)C(Nc1ccccc1CO)C(=O)N2. The Morgan fingerprint density at radius 1 is 1.25 bits per heavy atom. The van der Waals surface area contributed by atoms with Crippen molar-refractivity contribution in [3.63, 3.8) is 0 Å². The molecule has 20 heavy (non-hydrogen) atoms. The summed E-state index contributed by atoms with van der Waals surface area (Å²) in [6, 6.07) is 12.9. The molecule has 2 aromatic rings. The molecule has 0 saturated heterocycles. The second kappa shape index (κ2) is 4.98. The van der Waals surface area contributed by atoms with Gasteiger partial charge in [-0.05, 0) is 19.1 Å². The lowest BCUT2D eigenvalue weighted by Gasteiger charge is -2.16. The summed E-state index contributed by atoms with van der Waals surface area (Å²) >= 11 is 0. The van der Waals surface area contributed by atoms with Crippen LogP contribution in [0.1, 0.15) is 22.7 Å². The molecular weight excluding hydrogens is 252 g/mol. The molecule has 1 unspecified atom stereocenters. The van der Waals surface area contributed by atoms with Crippen LogP contribution in [0.5, 0.6) is 0 Å². The van der Waals surface area contributed by atoms with Crippen molar-refractivity contribution in [1.29, 1.82) is 0 Å². The number of amides is 1. The third-order valence-electron chi connectivity index (χ3n) is 3.53. The predicted molar refractivity (Wildman–Crippen MR) is 78.5 cm³/mol. The molecule has 1 aliphatic heterocycles. The number of rotatable bonds is 3. The van der Waals surface area contributed by atoms with Crippen LogP contribution < -0.4 is 10.6 Å². The fraction of sp³-hybridized carbons (Fsp3) is 0.188. The molecule has 1 atom stereocenters. The molecule has 0 bridgehead atoms. The zero-order valence-corrected chi connectivity index (χ0v) is 11.2. The molecule has 3 N–H and O–H groups in total. The molecule has 0 fully saturated rings. The zero-order chi connectivity index (χ0) is 14.1. The molecule has 0 saturated carbocycles. The van der Waals surface area contributed by atoms with Gasteiger partial charge in [-0.2, -0.15) is 0 Å². The van der Waals surface area contributed by atoms with Crippen LogP contribution in [-0.4, -0.2) is 11.0 Å². The highest BCUT2D eigenvalue weighted by Gasteiger charge is 2.30. The van der Waals surface area contributed by atoms with Crippen LogP contribution in [-0.2, 0) is 11.4 Å². The summed E-state index contributed by atoms with van der Waals surface area (Å²) in [5, 5.41) is 15.4. The normalized spacial score (nSPS) is 16.7. The highest BCUT2D eigenvalue weighted by molar-refractivity contribution is 6.04. The topological polar surface area (TPSA) is 61.4 Å². The van der Waals surface area contributed by atoms with E-state index in [4.69, 9.17) is 0 Å². The Hall–Kier alpha value is -2.33. The van der Waals surface area contributed by atoms with Crippen LogP contribution in [0.2, 0.25) is 0 Å². The van der Waals surface area contributed by atoms with E-state index in [2.05, 4.69) is 10.6 Å². The smallest absolute Gasteiger partial charge is 0.251 e. The molecule has 1 heterocycles. The number of fused-ring (bicyclic) bond motifs is 1. The van der Waals surface area contributed by atoms with E-state index in [0.29, 0.717) is 0 Å². The van der Waals surface area contributed by atoms with Crippen molar-refractivity contribution in [2.24, 2.45) is 0 Å². The summed E-state index contributed by atoms with van der Waals surface area (Å²) in [7, 11) is 0. The fourth-order valence-corrected chi connectivity index (χ4v) is 2.48. The second-order valence-electron chi connectivity index (χ2n) is 4.97. The Morgan fingerprint density at radius 2 is 2.05 bits per heavy atom. The Labute approximate surface area is 117 Å². The summed E-state index contributed by atoms with van der Waals surface area (Å²) in [6.07, 6.45) is 0. The predicted octanol–water partition coefficient (Wildman–Crippen LogP) is 2.59. The molecule has 102 valence electrons. The first-order valence-electron chi connectivity index (χ1n) is 6.56. The van der Waals surface area contributed by atoms with Crippen molar-refractivity contribution in [3.05, 3.63) is 59.2 Å². The van der Waals surface area contributed by atoms with Gasteiger partial charge in [-0.15, -0.1) is 0 Å². The van der Waals surface area contributed by atoms with Gasteiger partial charge in [0.25, 0.3) is 5.91 Å². The first kappa shape index (κ1) is 12.7. The largest absolute Gasteiger partial charge is 0.392 e. The summed E-state index contributed by atoms with van der Waals surface area (Å²) in [6.45, 7) is 1.94. The van der Waals surface area contributed by atoms with Gasteiger partial charge in [0.05, 0.1) is 6.61 Å². The van der Waals surface area contributed by atoms with E-state index in [-0.39, 0.29) is 12.5 Å². The molecule has 0 radical (unpaired) electrons. The Kier molecular flexibility index (Phi) is 3.16. The molecule has 4 nitrogen and oxygen atoms in total. The number of carbonyl (C=O) groups is 1. The average Bonchev–Trinajstić information content (AvgIpc) is 2.76. The van der Waals surface area contributed by atoms with Gasteiger partial charge in [-0.1, -0.05) is 35.9 Å². The van der Waals surface area contributed by atoms with E-state index in [1.54, 1.807) is 0 Å². The van der Waals surface area contributed by atoms with Crippen LogP contribution in [0.4, 0.5) is 11.4 Å². The van der Waals surface area contributed by atoms with Crippen LogP contribution in [0.15, 0.2) is 42.5 Å². The molecule has 0 aromatic heterocycles. The number of anilines is 2. The van der Waals surface area contributed by atoms with Crippen LogP contribution in [0.3, 0.4) is 0 Å². The van der Waals surface area contributed by atoms with Crippen LogP contribution in [0.25, 0.3) is 0 Å². The van der Waals surface area contributed by atoms with E-state index in [9.17, 15) is 9.90 Å². The van der Waals surface area contributed by atoms with Crippen molar-refractivity contribution in [3.8, 4) is 0 Å². The Bertz CT molecular complexity index is 667. The number of aryl methyl sites for hydroxylation is 1. The monoisotopic (exact) mass is 268 g/mol. The molecule has 2 aromatic carbocycles. The lowest BCUT2D eigenvalue weighted by atomic mass is 10.0. The summed E-state index contributed by atoms with van der Waals surface area (Å²) in [5.41, 5.74) is 4.47. The quantitative estimate of drug-likeness (QED) is 0.802. The summed E-state index contributed by atoms with van der Waals surface area (Å²) < 4.78 is 0. The Morgan fingerprint density at radius 3 is 2.85 bits per heavy atom. The van der Waals surface area contributed by atoms with Crippen molar-refractivity contribution in [2.75, 3.05) is 10.6 Å². The van der Waals surface area contributed by atoms with E-state index in [0.717, 1.165) is 28.1 Å².